The normalized spacial score (nSPS) is 27.4. The van der Waals surface area contributed by atoms with Crippen molar-refractivity contribution in [3.63, 3.8) is 0 Å². The number of nitrogens with zero attached hydrogens (tertiary/aromatic N) is 2. The van der Waals surface area contributed by atoms with E-state index in [9.17, 15) is 0 Å². The number of hydrazine groups is 1. The summed E-state index contributed by atoms with van der Waals surface area (Å²) in [5.74, 6) is 0. The lowest BCUT2D eigenvalue weighted by Gasteiger charge is -2.41. The Labute approximate surface area is 103 Å². The van der Waals surface area contributed by atoms with Crippen molar-refractivity contribution in [2.75, 3.05) is 32.8 Å². The highest BCUT2D eigenvalue weighted by molar-refractivity contribution is 5.19. The molecule has 0 aromatic heterocycles. The molecule has 0 radical (unpaired) electrons. The number of morpholine rings is 1. The predicted octanol–water partition coefficient (Wildman–Crippen LogP) is 2.07. The first-order valence-electron chi connectivity index (χ1n) is 6.59. The fraction of sp³-hybridized carbons (Fsp3) is 0.571. The molecule has 1 aromatic carbocycles. The maximum atomic E-state index is 5.66. The molecule has 2 heterocycles. The molecule has 0 amide bonds. The molecule has 2 aliphatic heterocycles. The SMILES string of the molecule is c1ccc(C2COCCN2N2CCCC2)cc1. The van der Waals surface area contributed by atoms with Crippen molar-refractivity contribution < 1.29 is 4.74 Å². The summed E-state index contributed by atoms with van der Waals surface area (Å²) in [6, 6.07) is 11.1. The van der Waals surface area contributed by atoms with Gasteiger partial charge in [0.25, 0.3) is 0 Å². The van der Waals surface area contributed by atoms with Gasteiger partial charge >= 0.3 is 0 Å². The van der Waals surface area contributed by atoms with Gasteiger partial charge in [0.2, 0.25) is 0 Å². The fourth-order valence-corrected chi connectivity index (χ4v) is 2.83. The van der Waals surface area contributed by atoms with Crippen LogP contribution in [0.1, 0.15) is 24.4 Å². The van der Waals surface area contributed by atoms with E-state index in [1.807, 2.05) is 0 Å². The third-order valence-electron chi connectivity index (χ3n) is 3.73. The first-order valence-corrected chi connectivity index (χ1v) is 6.59. The molecule has 92 valence electrons. The molecule has 0 aliphatic carbocycles. The van der Waals surface area contributed by atoms with Crippen LogP contribution in [0.25, 0.3) is 0 Å². The van der Waals surface area contributed by atoms with Crippen LogP contribution in [0.3, 0.4) is 0 Å². The van der Waals surface area contributed by atoms with E-state index in [0.717, 1.165) is 19.8 Å². The van der Waals surface area contributed by atoms with Crippen LogP contribution in [0.5, 0.6) is 0 Å². The summed E-state index contributed by atoms with van der Waals surface area (Å²) in [5, 5.41) is 5.03. The van der Waals surface area contributed by atoms with E-state index in [-0.39, 0.29) is 0 Å². The van der Waals surface area contributed by atoms with Gasteiger partial charge in [-0.2, -0.15) is 0 Å². The highest BCUT2D eigenvalue weighted by atomic mass is 16.5. The van der Waals surface area contributed by atoms with Gasteiger partial charge in [0.15, 0.2) is 0 Å². The minimum Gasteiger partial charge on any atom is -0.378 e. The Hall–Kier alpha value is -0.900. The molecule has 0 saturated carbocycles. The van der Waals surface area contributed by atoms with Gasteiger partial charge in [-0.3, -0.25) is 0 Å². The Bertz CT molecular complexity index is 348. The minimum atomic E-state index is 0.406. The average molecular weight is 232 g/mol. The lowest BCUT2D eigenvalue weighted by Crippen LogP contribution is -2.49. The quantitative estimate of drug-likeness (QED) is 0.776. The molecular formula is C14H20N2O. The van der Waals surface area contributed by atoms with E-state index in [1.165, 1.54) is 31.5 Å². The average Bonchev–Trinajstić information content (AvgIpc) is 2.94. The molecule has 2 saturated heterocycles. The van der Waals surface area contributed by atoms with E-state index in [0.29, 0.717) is 6.04 Å². The van der Waals surface area contributed by atoms with Gasteiger partial charge in [-0.05, 0) is 18.4 Å². The van der Waals surface area contributed by atoms with Crippen molar-refractivity contribution in [3.8, 4) is 0 Å². The summed E-state index contributed by atoms with van der Waals surface area (Å²) in [5.41, 5.74) is 1.37. The third-order valence-corrected chi connectivity index (χ3v) is 3.73. The molecular weight excluding hydrogens is 212 g/mol. The zero-order chi connectivity index (χ0) is 11.5. The second-order valence-corrected chi connectivity index (χ2v) is 4.83. The summed E-state index contributed by atoms with van der Waals surface area (Å²) in [6.07, 6.45) is 2.66. The topological polar surface area (TPSA) is 15.7 Å². The summed E-state index contributed by atoms with van der Waals surface area (Å²) >= 11 is 0. The Morgan fingerprint density at radius 1 is 1.00 bits per heavy atom. The van der Waals surface area contributed by atoms with E-state index < -0.39 is 0 Å². The van der Waals surface area contributed by atoms with Crippen LogP contribution in [0.4, 0.5) is 0 Å². The molecule has 3 rings (SSSR count). The van der Waals surface area contributed by atoms with Gasteiger partial charge in [0, 0.05) is 19.6 Å². The van der Waals surface area contributed by atoms with Crippen LogP contribution < -0.4 is 0 Å². The smallest absolute Gasteiger partial charge is 0.0730 e. The van der Waals surface area contributed by atoms with Gasteiger partial charge in [0.1, 0.15) is 0 Å². The lowest BCUT2D eigenvalue weighted by atomic mass is 10.1. The van der Waals surface area contributed by atoms with E-state index in [2.05, 4.69) is 40.3 Å². The molecule has 0 bridgehead atoms. The molecule has 2 aliphatic rings. The van der Waals surface area contributed by atoms with Crippen molar-refractivity contribution in [3.05, 3.63) is 35.9 Å². The van der Waals surface area contributed by atoms with Crippen LogP contribution in [-0.2, 0) is 4.74 Å². The Morgan fingerprint density at radius 3 is 2.53 bits per heavy atom. The summed E-state index contributed by atoms with van der Waals surface area (Å²) in [6.45, 7) is 5.13. The number of rotatable bonds is 2. The van der Waals surface area contributed by atoms with Gasteiger partial charge in [-0.1, -0.05) is 30.3 Å². The van der Waals surface area contributed by atoms with Crippen LogP contribution in [-0.4, -0.2) is 42.9 Å². The number of hydrogen-bond acceptors (Lipinski definition) is 3. The molecule has 0 spiro atoms. The summed E-state index contributed by atoms with van der Waals surface area (Å²) < 4.78 is 5.66. The number of ether oxygens (including phenoxy) is 1. The first kappa shape index (κ1) is 11.2. The Balaban J connectivity index is 1.80. The molecule has 17 heavy (non-hydrogen) atoms. The maximum absolute atomic E-state index is 5.66. The van der Waals surface area contributed by atoms with E-state index >= 15 is 0 Å². The standard InChI is InChI=1S/C14H20N2O/c1-2-6-13(7-3-1)14-12-17-11-10-16(14)15-8-4-5-9-15/h1-3,6-7,14H,4-5,8-12H2. The highest BCUT2D eigenvalue weighted by Gasteiger charge is 2.30. The number of benzene rings is 1. The van der Waals surface area contributed by atoms with Crippen LogP contribution >= 0.6 is 0 Å². The summed E-state index contributed by atoms with van der Waals surface area (Å²) in [4.78, 5) is 0. The molecule has 3 nitrogen and oxygen atoms in total. The monoisotopic (exact) mass is 232 g/mol. The molecule has 1 unspecified atom stereocenters. The van der Waals surface area contributed by atoms with Crippen molar-refractivity contribution >= 4 is 0 Å². The largest absolute Gasteiger partial charge is 0.378 e. The number of hydrogen-bond donors (Lipinski definition) is 0. The third kappa shape index (κ3) is 2.37. The van der Waals surface area contributed by atoms with Gasteiger partial charge in [-0.15, -0.1) is 0 Å². The second kappa shape index (κ2) is 5.17. The highest BCUT2D eigenvalue weighted by Crippen LogP contribution is 2.27. The zero-order valence-corrected chi connectivity index (χ0v) is 10.2. The molecule has 1 aromatic rings. The molecule has 0 N–H and O–H groups in total. The van der Waals surface area contributed by atoms with Crippen molar-refractivity contribution in [1.29, 1.82) is 0 Å². The van der Waals surface area contributed by atoms with E-state index in [4.69, 9.17) is 4.74 Å². The van der Waals surface area contributed by atoms with Crippen LogP contribution in [0.15, 0.2) is 30.3 Å². The zero-order valence-electron chi connectivity index (χ0n) is 10.2. The first-order chi connectivity index (χ1) is 8.45. The van der Waals surface area contributed by atoms with Gasteiger partial charge < -0.3 is 4.74 Å². The van der Waals surface area contributed by atoms with Crippen molar-refractivity contribution in [1.82, 2.24) is 10.0 Å². The fourth-order valence-electron chi connectivity index (χ4n) is 2.83. The van der Waals surface area contributed by atoms with Crippen molar-refractivity contribution in [2.45, 2.75) is 18.9 Å². The molecule has 2 fully saturated rings. The predicted molar refractivity (Wildman–Crippen MR) is 67.5 cm³/mol. The Morgan fingerprint density at radius 2 is 1.76 bits per heavy atom. The Kier molecular flexibility index (Phi) is 3.41. The van der Waals surface area contributed by atoms with Gasteiger partial charge in [-0.25, -0.2) is 10.0 Å². The maximum Gasteiger partial charge on any atom is 0.0730 e. The van der Waals surface area contributed by atoms with Crippen molar-refractivity contribution in [2.24, 2.45) is 0 Å². The second-order valence-electron chi connectivity index (χ2n) is 4.83. The van der Waals surface area contributed by atoms with E-state index in [1.54, 1.807) is 0 Å². The minimum absolute atomic E-state index is 0.406. The van der Waals surface area contributed by atoms with Crippen LogP contribution in [0, 0.1) is 0 Å². The molecule has 3 heteroatoms. The van der Waals surface area contributed by atoms with Gasteiger partial charge in [0.05, 0.1) is 19.3 Å². The van der Waals surface area contributed by atoms with Crippen LogP contribution in [0.2, 0.25) is 0 Å². The lowest BCUT2D eigenvalue weighted by molar-refractivity contribution is -0.120. The molecule has 1 atom stereocenters. The summed E-state index contributed by atoms with van der Waals surface area (Å²) in [7, 11) is 0.